The average molecular weight is 662 g/mol. The molecule has 268 valence electrons. The second-order valence-corrected chi connectivity index (χ2v) is 14.7. The van der Waals surface area contributed by atoms with E-state index in [9.17, 15) is 4.79 Å². The van der Waals surface area contributed by atoms with Crippen molar-refractivity contribution in [2.24, 2.45) is 22.0 Å². The number of methoxy groups -OCH3 is 1. The maximum Gasteiger partial charge on any atom is 0.255 e. The number of nitriles is 1. The number of nitrogens with zero attached hydrogens (tertiary/aromatic N) is 1. The zero-order valence-corrected chi connectivity index (χ0v) is 31.0. The van der Waals surface area contributed by atoms with E-state index in [1.807, 2.05) is 25.1 Å². The first-order valence-corrected chi connectivity index (χ1v) is 18.6. The molecule has 0 unspecified atom stereocenters. The fourth-order valence-corrected chi connectivity index (χ4v) is 7.49. The molecule has 1 aromatic rings. The van der Waals surface area contributed by atoms with Crippen LogP contribution in [-0.4, -0.2) is 39.3 Å². The Kier molecular flexibility index (Phi) is 18.3. The van der Waals surface area contributed by atoms with Crippen LogP contribution in [0.15, 0.2) is 60.7 Å². The summed E-state index contributed by atoms with van der Waals surface area (Å²) in [4.78, 5) is 12.4. The van der Waals surface area contributed by atoms with Crippen LogP contribution < -0.4 is 15.8 Å². The van der Waals surface area contributed by atoms with Crippen molar-refractivity contribution in [2.75, 3.05) is 33.4 Å². The molecule has 3 aliphatic carbocycles. The van der Waals surface area contributed by atoms with E-state index in [2.05, 4.69) is 45.0 Å². The number of para-hydroxylation sites is 1. The molecule has 1 saturated heterocycles. The average Bonchev–Trinajstić information content (AvgIpc) is 3.73. The van der Waals surface area contributed by atoms with E-state index in [0.29, 0.717) is 23.3 Å². The van der Waals surface area contributed by atoms with Gasteiger partial charge in [-0.25, -0.2) is 0 Å². The molecule has 1 heterocycles. The van der Waals surface area contributed by atoms with Gasteiger partial charge in [-0.3, -0.25) is 4.79 Å². The summed E-state index contributed by atoms with van der Waals surface area (Å²) < 4.78 is 10.2. The van der Waals surface area contributed by atoms with E-state index < -0.39 is 0 Å². The minimum atomic E-state index is -0.168. The standard InChI is InChI=1S/C18H25NO2.C10H19N.C10H15N.C4H8O/c1-14(2)18(11-7-4-8-12-18)13-19-17(20)15-9-5-6-10-16(15)21-3;2*1-9(2)10(8-11)6-4-3-5-7-10;1-2-4-5-3-1/h5-6,9-10H,1,4,7-8,11-13H2,2-3H3,(H,19,20);1,3-8,11H2,2H3;1,3-7H2,2H3;1-4H2. The Hall–Kier alpha value is -2.88. The van der Waals surface area contributed by atoms with E-state index in [-0.39, 0.29) is 16.7 Å². The summed E-state index contributed by atoms with van der Waals surface area (Å²) in [5.41, 5.74) is 10.1. The van der Waals surface area contributed by atoms with Crippen molar-refractivity contribution in [1.82, 2.24) is 5.32 Å². The Balaban J connectivity index is 0.000000249. The molecule has 48 heavy (non-hydrogen) atoms. The number of hydrogen-bond acceptors (Lipinski definition) is 5. The second-order valence-electron chi connectivity index (χ2n) is 14.7. The minimum absolute atomic E-state index is 0.0654. The topological polar surface area (TPSA) is 97.4 Å². The molecule has 0 aromatic heterocycles. The van der Waals surface area contributed by atoms with Gasteiger partial charge in [-0.05, 0) is 84.3 Å². The van der Waals surface area contributed by atoms with Gasteiger partial charge in [0.15, 0.2) is 0 Å². The summed E-state index contributed by atoms with van der Waals surface area (Å²) in [7, 11) is 1.59. The Bertz CT molecular complexity index is 1180. The molecule has 1 aromatic carbocycles. The van der Waals surface area contributed by atoms with Gasteiger partial charge < -0.3 is 20.5 Å². The molecule has 4 aliphatic rings. The molecule has 3 N–H and O–H groups in total. The van der Waals surface area contributed by atoms with E-state index >= 15 is 0 Å². The van der Waals surface area contributed by atoms with Gasteiger partial charge in [0.2, 0.25) is 0 Å². The van der Waals surface area contributed by atoms with Crippen LogP contribution >= 0.6 is 0 Å². The lowest BCUT2D eigenvalue weighted by molar-refractivity contribution is 0.0923. The molecule has 0 spiro atoms. The van der Waals surface area contributed by atoms with E-state index in [1.54, 1.807) is 13.2 Å². The van der Waals surface area contributed by atoms with Gasteiger partial charge in [-0.2, -0.15) is 5.26 Å². The number of hydrogen-bond donors (Lipinski definition) is 2. The van der Waals surface area contributed by atoms with Crippen molar-refractivity contribution in [3.8, 4) is 11.8 Å². The summed E-state index contributed by atoms with van der Waals surface area (Å²) in [6.45, 7) is 21.7. The Morgan fingerprint density at radius 3 is 1.62 bits per heavy atom. The molecule has 0 atom stereocenters. The predicted octanol–water partition coefficient (Wildman–Crippen LogP) is 10.3. The molecular weight excluding hydrogens is 594 g/mol. The monoisotopic (exact) mass is 662 g/mol. The normalized spacial score (nSPS) is 20.3. The minimum Gasteiger partial charge on any atom is -0.496 e. The number of rotatable bonds is 8. The number of ether oxygens (including phenoxy) is 2. The molecule has 6 heteroatoms. The van der Waals surface area contributed by atoms with Gasteiger partial charge in [0, 0.05) is 37.1 Å². The highest BCUT2D eigenvalue weighted by molar-refractivity contribution is 5.96. The third-order valence-electron chi connectivity index (χ3n) is 11.3. The largest absolute Gasteiger partial charge is 0.496 e. The molecular formula is C42H67N3O3. The molecule has 6 nitrogen and oxygen atoms in total. The summed E-state index contributed by atoms with van der Waals surface area (Å²) in [6.07, 6.45) is 20.8. The number of amides is 1. The van der Waals surface area contributed by atoms with Crippen LogP contribution in [0, 0.1) is 27.6 Å². The van der Waals surface area contributed by atoms with E-state index in [4.69, 9.17) is 20.5 Å². The lowest BCUT2D eigenvalue weighted by Gasteiger charge is -2.38. The fourth-order valence-electron chi connectivity index (χ4n) is 7.49. The Morgan fingerprint density at radius 1 is 0.792 bits per heavy atom. The molecule has 1 aliphatic heterocycles. The molecule has 0 radical (unpaired) electrons. The van der Waals surface area contributed by atoms with Gasteiger partial charge in [0.05, 0.1) is 24.2 Å². The summed E-state index contributed by atoms with van der Waals surface area (Å²) in [5, 5.41) is 12.1. The van der Waals surface area contributed by atoms with Crippen LogP contribution in [0.3, 0.4) is 0 Å². The zero-order valence-electron chi connectivity index (χ0n) is 31.0. The van der Waals surface area contributed by atoms with Gasteiger partial charge in [-0.1, -0.05) is 106 Å². The third kappa shape index (κ3) is 12.2. The van der Waals surface area contributed by atoms with Crippen LogP contribution in [0.25, 0.3) is 0 Å². The number of benzene rings is 1. The zero-order chi connectivity index (χ0) is 35.5. The summed E-state index contributed by atoms with van der Waals surface area (Å²) in [5.74, 6) is 0.543. The lowest BCUT2D eigenvalue weighted by Crippen LogP contribution is -2.39. The van der Waals surface area contributed by atoms with Gasteiger partial charge in [-0.15, -0.1) is 0 Å². The van der Waals surface area contributed by atoms with Crippen molar-refractivity contribution in [2.45, 2.75) is 130 Å². The van der Waals surface area contributed by atoms with Gasteiger partial charge >= 0.3 is 0 Å². The van der Waals surface area contributed by atoms with Crippen LogP contribution in [-0.2, 0) is 4.74 Å². The van der Waals surface area contributed by atoms with Crippen molar-refractivity contribution in [3.63, 3.8) is 0 Å². The molecule has 4 fully saturated rings. The SMILES string of the molecule is C1CCOC1.C=C(C)C1(C#N)CCCCC1.C=C(C)C1(CN)CCCCC1.C=C(C)C1(CNC(=O)c2ccccc2OC)CCCCC1. The highest BCUT2D eigenvalue weighted by Crippen LogP contribution is 2.42. The number of carbonyl (C=O) groups is 1. The van der Waals surface area contributed by atoms with E-state index in [1.165, 1.54) is 94.6 Å². The fraction of sp³-hybridized carbons (Fsp3) is 0.667. The molecule has 1 amide bonds. The third-order valence-corrected chi connectivity index (χ3v) is 11.3. The first kappa shape index (κ1) is 41.3. The Labute approximate surface area is 293 Å². The Morgan fingerprint density at radius 2 is 1.27 bits per heavy atom. The number of nitrogens with two attached hydrogens (primary N) is 1. The summed E-state index contributed by atoms with van der Waals surface area (Å²) in [6, 6.07) is 9.74. The molecule has 3 saturated carbocycles. The van der Waals surface area contributed by atoms with Crippen molar-refractivity contribution >= 4 is 5.91 Å². The lowest BCUT2D eigenvalue weighted by atomic mass is 9.70. The number of allylic oxidation sites excluding steroid dienone is 1. The van der Waals surface area contributed by atoms with Crippen LogP contribution in [0.2, 0.25) is 0 Å². The van der Waals surface area contributed by atoms with Crippen LogP contribution in [0.4, 0.5) is 0 Å². The van der Waals surface area contributed by atoms with Gasteiger partial charge in [0.1, 0.15) is 5.75 Å². The van der Waals surface area contributed by atoms with Crippen molar-refractivity contribution < 1.29 is 14.3 Å². The highest BCUT2D eigenvalue weighted by atomic mass is 16.5. The maximum atomic E-state index is 12.4. The maximum absolute atomic E-state index is 12.4. The second kappa shape index (κ2) is 21.3. The smallest absolute Gasteiger partial charge is 0.255 e. The first-order chi connectivity index (χ1) is 23.0. The van der Waals surface area contributed by atoms with Crippen LogP contribution in [0.5, 0.6) is 5.75 Å². The highest BCUT2D eigenvalue weighted by Gasteiger charge is 2.34. The van der Waals surface area contributed by atoms with Crippen molar-refractivity contribution in [3.05, 3.63) is 66.3 Å². The molecule has 5 rings (SSSR count). The van der Waals surface area contributed by atoms with Crippen molar-refractivity contribution in [1.29, 1.82) is 5.26 Å². The quantitative estimate of drug-likeness (QED) is 0.270. The predicted molar refractivity (Wildman–Crippen MR) is 201 cm³/mol. The first-order valence-electron chi connectivity index (χ1n) is 18.6. The summed E-state index contributed by atoms with van der Waals surface area (Å²) >= 11 is 0. The molecule has 0 bridgehead atoms. The number of carbonyl (C=O) groups excluding carboxylic acids is 1. The number of nitrogens with one attached hydrogen (secondary N) is 1. The van der Waals surface area contributed by atoms with E-state index in [0.717, 1.165) is 51.0 Å². The van der Waals surface area contributed by atoms with Gasteiger partial charge in [0.25, 0.3) is 5.91 Å². The van der Waals surface area contributed by atoms with Crippen LogP contribution in [0.1, 0.15) is 140 Å².